The molecule has 0 atom stereocenters. The summed E-state index contributed by atoms with van der Waals surface area (Å²) in [5.41, 5.74) is 4.62. The number of aromatic amines is 1. The highest BCUT2D eigenvalue weighted by Crippen LogP contribution is 2.28. The molecule has 2 aromatic heterocycles. The maximum absolute atomic E-state index is 11.4. The molecular weight excluding hydrogens is 362 g/mol. The zero-order valence-corrected chi connectivity index (χ0v) is 14.9. The number of hydrogen-bond donors (Lipinski definition) is 3. The number of hydrogen-bond acceptors (Lipinski definition) is 8. The van der Waals surface area contributed by atoms with Crippen LogP contribution in [0.3, 0.4) is 0 Å². The minimum Gasteiger partial charge on any atom is -0.331 e. The van der Waals surface area contributed by atoms with Gasteiger partial charge in [-0.3, -0.25) is 9.78 Å². The molecule has 0 aliphatic heterocycles. The molecule has 0 radical (unpaired) electrons. The molecule has 2 heterocycles. The number of benzene rings is 1. The lowest BCUT2D eigenvalue weighted by Gasteiger charge is -2.05. The SMILES string of the molecule is Cc1ccccc1Nc1nc(Cl)c(/C=N/Nc2nnc(C)c(=O)[nH]2)s1. The molecule has 3 aromatic rings. The molecule has 0 aliphatic carbocycles. The molecule has 0 unspecified atom stereocenters. The first kappa shape index (κ1) is 17.1. The van der Waals surface area contributed by atoms with E-state index >= 15 is 0 Å². The molecule has 0 aliphatic rings. The highest BCUT2D eigenvalue weighted by molar-refractivity contribution is 7.17. The summed E-state index contributed by atoms with van der Waals surface area (Å²) in [4.78, 5) is 18.9. The summed E-state index contributed by atoms with van der Waals surface area (Å²) in [5, 5.41) is 15.7. The molecule has 10 heteroatoms. The van der Waals surface area contributed by atoms with Crippen molar-refractivity contribution in [2.45, 2.75) is 13.8 Å². The maximum atomic E-state index is 11.4. The fourth-order valence-corrected chi connectivity index (χ4v) is 2.91. The Bertz CT molecular complexity index is 982. The Morgan fingerprint density at radius 2 is 2.08 bits per heavy atom. The summed E-state index contributed by atoms with van der Waals surface area (Å²) in [6.07, 6.45) is 1.50. The minimum absolute atomic E-state index is 0.144. The average Bonchev–Trinajstić information content (AvgIpc) is 2.93. The van der Waals surface area contributed by atoms with Gasteiger partial charge in [0.05, 0.1) is 11.1 Å². The molecule has 0 fully saturated rings. The van der Waals surface area contributed by atoms with Crippen molar-refractivity contribution in [2.75, 3.05) is 10.7 Å². The van der Waals surface area contributed by atoms with Gasteiger partial charge in [-0.05, 0) is 25.5 Å². The van der Waals surface area contributed by atoms with E-state index in [2.05, 4.69) is 36.0 Å². The van der Waals surface area contributed by atoms with Crippen LogP contribution in [0.5, 0.6) is 0 Å². The highest BCUT2D eigenvalue weighted by atomic mass is 35.5. The largest absolute Gasteiger partial charge is 0.331 e. The van der Waals surface area contributed by atoms with Crippen LogP contribution in [0.4, 0.5) is 16.8 Å². The summed E-state index contributed by atoms with van der Waals surface area (Å²) in [7, 11) is 0. The van der Waals surface area contributed by atoms with Gasteiger partial charge in [0.2, 0.25) is 5.95 Å². The Morgan fingerprint density at radius 1 is 1.28 bits per heavy atom. The number of nitrogens with zero attached hydrogens (tertiary/aromatic N) is 4. The van der Waals surface area contributed by atoms with Crippen LogP contribution >= 0.6 is 22.9 Å². The first-order chi connectivity index (χ1) is 12.0. The van der Waals surface area contributed by atoms with Gasteiger partial charge in [0.25, 0.3) is 5.56 Å². The number of H-pyrrole nitrogens is 1. The van der Waals surface area contributed by atoms with E-state index in [0.29, 0.717) is 15.2 Å². The zero-order chi connectivity index (χ0) is 17.8. The van der Waals surface area contributed by atoms with Gasteiger partial charge in [0.15, 0.2) is 10.3 Å². The Morgan fingerprint density at radius 3 is 2.84 bits per heavy atom. The predicted molar refractivity (Wildman–Crippen MR) is 100 cm³/mol. The predicted octanol–water partition coefficient (Wildman–Crippen LogP) is 3.08. The summed E-state index contributed by atoms with van der Waals surface area (Å²) in [5.74, 6) is 0.144. The summed E-state index contributed by atoms with van der Waals surface area (Å²) in [6.45, 7) is 3.58. The highest BCUT2D eigenvalue weighted by Gasteiger charge is 2.08. The number of anilines is 3. The molecule has 0 saturated carbocycles. The number of hydrazone groups is 1. The van der Waals surface area contributed by atoms with Gasteiger partial charge in [-0.25, -0.2) is 10.4 Å². The summed E-state index contributed by atoms with van der Waals surface area (Å²) in [6, 6.07) is 7.89. The Labute approximate surface area is 152 Å². The van der Waals surface area contributed by atoms with Crippen LogP contribution in [0.15, 0.2) is 34.2 Å². The van der Waals surface area contributed by atoms with Crippen molar-refractivity contribution in [1.82, 2.24) is 20.2 Å². The Balaban J connectivity index is 1.71. The number of halogens is 1. The second kappa shape index (κ2) is 7.41. The topological polar surface area (TPSA) is 108 Å². The number of para-hydroxylation sites is 1. The van der Waals surface area contributed by atoms with Crippen molar-refractivity contribution in [3.8, 4) is 0 Å². The van der Waals surface area contributed by atoms with Crippen molar-refractivity contribution in [3.05, 3.63) is 55.9 Å². The van der Waals surface area contributed by atoms with E-state index in [-0.39, 0.29) is 17.2 Å². The van der Waals surface area contributed by atoms with E-state index in [1.54, 1.807) is 6.92 Å². The molecule has 1 aromatic carbocycles. The summed E-state index contributed by atoms with van der Waals surface area (Å²) < 4.78 is 0. The lowest BCUT2D eigenvalue weighted by Crippen LogP contribution is -2.15. The number of nitrogens with one attached hydrogen (secondary N) is 3. The average molecular weight is 376 g/mol. The van der Waals surface area contributed by atoms with Crippen LogP contribution < -0.4 is 16.3 Å². The summed E-state index contributed by atoms with van der Waals surface area (Å²) >= 11 is 7.49. The van der Waals surface area contributed by atoms with Crippen LogP contribution in [-0.4, -0.2) is 26.4 Å². The van der Waals surface area contributed by atoms with Crippen molar-refractivity contribution in [2.24, 2.45) is 5.10 Å². The van der Waals surface area contributed by atoms with E-state index in [4.69, 9.17) is 11.6 Å². The molecule has 3 N–H and O–H groups in total. The van der Waals surface area contributed by atoms with E-state index in [1.165, 1.54) is 17.6 Å². The first-order valence-electron chi connectivity index (χ1n) is 7.24. The van der Waals surface area contributed by atoms with Gasteiger partial charge in [0, 0.05) is 5.69 Å². The van der Waals surface area contributed by atoms with E-state index in [9.17, 15) is 4.79 Å². The quantitative estimate of drug-likeness (QED) is 0.467. The lowest BCUT2D eigenvalue weighted by atomic mass is 10.2. The lowest BCUT2D eigenvalue weighted by molar-refractivity contribution is 0.897. The van der Waals surface area contributed by atoms with Crippen molar-refractivity contribution >= 4 is 45.9 Å². The van der Waals surface area contributed by atoms with Gasteiger partial charge in [-0.15, -0.1) is 10.2 Å². The van der Waals surface area contributed by atoms with Crippen LogP contribution in [0.1, 0.15) is 16.1 Å². The first-order valence-corrected chi connectivity index (χ1v) is 8.44. The van der Waals surface area contributed by atoms with E-state index in [0.717, 1.165) is 11.3 Å². The van der Waals surface area contributed by atoms with Crippen LogP contribution in [0, 0.1) is 13.8 Å². The van der Waals surface area contributed by atoms with Gasteiger partial charge in [-0.2, -0.15) is 5.10 Å². The Hall–Kier alpha value is -2.78. The molecule has 3 rings (SSSR count). The van der Waals surface area contributed by atoms with E-state index in [1.807, 2.05) is 31.2 Å². The van der Waals surface area contributed by atoms with Crippen molar-refractivity contribution < 1.29 is 0 Å². The monoisotopic (exact) mass is 375 g/mol. The molecular formula is C15H14ClN7OS. The molecule has 0 bridgehead atoms. The Kier molecular flexibility index (Phi) is 5.05. The molecule has 0 saturated heterocycles. The molecule has 25 heavy (non-hydrogen) atoms. The normalized spacial score (nSPS) is 11.0. The third kappa shape index (κ3) is 4.20. The fourth-order valence-electron chi connectivity index (χ4n) is 1.87. The minimum atomic E-state index is -0.326. The van der Waals surface area contributed by atoms with Gasteiger partial charge in [0.1, 0.15) is 5.69 Å². The van der Waals surface area contributed by atoms with Crippen LogP contribution in [-0.2, 0) is 0 Å². The zero-order valence-electron chi connectivity index (χ0n) is 13.4. The van der Waals surface area contributed by atoms with Crippen molar-refractivity contribution in [3.63, 3.8) is 0 Å². The molecule has 128 valence electrons. The van der Waals surface area contributed by atoms with Gasteiger partial charge < -0.3 is 5.32 Å². The molecule has 0 amide bonds. The second-order valence-corrected chi connectivity index (χ2v) is 6.46. The fraction of sp³-hybridized carbons (Fsp3) is 0.133. The van der Waals surface area contributed by atoms with Crippen molar-refractivity contribution in [1.29, 1.82) is 0 Å². The third-order valence-corrected chi connectivity index (χ3v) is 4.51. The number of rotatable bonds is 5. The second-order valence-electron chi connectivity index (χ2n) is 5.07. The maximum Gasteiger partial charge on any atom is 0.274 e. The van der Waals surface area contributed by atoms with Crippen LogP contribution in [0.2, 0.25) is 5.15 Å². The van der Waals surface area contributed by atoms with Gasteiger partial charge in [-0.1, -0.05) is 41.1 Å². The smallest absolute Gasteiger partial charge is 0.274 e. The van der Waals surface area contributed by atoms with E-state index < -0.39 is 0 Å². The third-order valence-electron chi connectivity index (χ3n) is 3.21. The van der Waals surface area contributed by atoms with Crippen LogP contribution in [0.25, 0.3) is 0 Å². The van der Waals surface area contributed by atoms with Gasteiger partial charge >= 0.3 is 0 Å². The standard InChI is InChI=1S/C15H14ClN7OS/c1-8-5-3-4-6-10(8)18-15-19-12(16)11(25-15)7-17-22-14-20-13(24)9(2)21-23-14/h3-7H,1-2H3,(H,18,19)(H2,20,22,23,24)/b17-7+. The molecule has 0 spiro atoms. The number of aromatic nitrogens is 4. The molecule has 8 nitrogen and oxygen atoms in total. The number of aryl methyl sites for hydroxylation is 2. The number of thiazole rings is 1.